The number of fused-ring (bicyclic) bond motifs is 2. The van der Waals surface area contributed by atoms with Crippen LogP contribution in [-0.2, 0) is 11.3 Å². The summed E-state index contributed by atoms with van der Waals surface area (Å²) >= 11 is 6.03. The van der Waals surface area contributed by atoms with Crippen LogP contribution in [0.25, 0.3) is 0 Å². The number of rotatable bonds is 4. The van der Waals surface area contributed by atoms with E-state index in [1.54, 1.807) is 0 Å². The number of hydrogen-bond donors (Lipinski definition) is 1. The van der Waals surface area contributed by atoms with Crippen molar-refractivity contribution in [1.82, 2.24) is 4.90 Å². The number of carbonyl (C=O) groups is 1. The maximum atomic E-state index is 12.9. The van der Waals surface area contributed by atoms with Crippen molar-refractivity contribution in [3.05, 3.63) is 34.9 Å². The van der Waals surface area contributed by atoms with Crippen LogP contribution in [-0.4, -0.2) is 23.4 Å². The molecule has 4 unspecified atom stereocenters. The van der Waals surface area contributed by atoms with Crippen molar-refractivity contribution in [2.45, 2.75) is 38.8 Å². The van der Waals surface area contributed by atoms with Crippen LogP contribution >= 0.6 is 11.6 Å². The molecule has 1 amide bonds. The van der Waals surface area contributed by atoms with Gasteiger partial charge in [-0.1, -0.05) is 23.7 Å². The monoisotopic (exact) mass is 306 g/mol. The number of halogens is 1. The van der Waals surface area contributed by atoms with Crippen molar-refractivity contribution >= 4 is 17.5 Å². The minimum Gasteiger partial charge on any atom is -0.338 e. The molecular weight excluding hydrogens is 284 g/mol. The van der Waals surface area contributed by atoms with E-state index in [0.717, 1.165) is 12.0 Å². The summed E-state index contributed by atoms with van der Waals surface area (Å²) in [7, 11) is 0. The average molecular weight is 307 g/mol. The molecule has 2 saturated carbocycles. The van der Waals surface area contributed by atoms with Crippen LogP contribution in [0.15, 0.2) is 24.3 Å². The zero-order chi connectivity index (χ0) is 15.0. The molecule has 4 atom stereocenters. The molecule has 1 aromatic rings. The number of amides is 1. The van der Waals surface area contributed by atoms with E-state index < -0.39 is 0 Å². The fourth-order valence-corrected chi connectivity index (χ4v) is 4.33. The van der Waals surface area contributed by atoms with Crippen LogP contribution in [0.3, 0.4) is 0 Å². The Bertz CT molecular complexity index is 531. The van der Waals surface area contributed by atoms with Crippen molar-refractivity contribution in [2.75, 3.05) is 6.54 Å². The van der Waals surface area contributed by atoms with Gasteiger partial charge in [-0.05, 0) is 55.7 Å². The van der Waals surface area contributed by atoms with E-state index >= 15 is 0 Å². The summed E-state index contributed by atoms with van der Waals surface area (Å²) in [6, 6.07) is 7.79. The van der Waals surface area contributed by atoms with Gasteiger partial charge in [-0.25, -0.2) is 0 Å². The van der Waals surface area contributed by atoms with Gasteiger partial charge in [-0.3, -0.25) is 4.79 Å². The molecule has 0 spiro atoms. The smallest absolute Gasteiger partial charge is 0.227 e. The largest absolute Gasteiger partial charge is 0.338 e. The van der Waals surface area contributed by atoms with Gasteiger partial charge < -0.3 is 10.6 Å². The van der Waals surface area contributed by atoms with Crippen LogP contribution in [0.4, 0.5) is 0 Å². The Morgan fingerprint density at radius 3 is 2.76 bits per heavy atom. The Morgan fingerprint density at radius 1 is 1.38 bits per heavy atom. The summed E-state index contributed by atoms with van der Waals surface area (Å²) in [5.41, 5.74) is 7.38. The van der Waals surface area contributed by atoms with Crippen LogP contribution in [0.1, 0.15) is 31.7 Å². The molecule has 0 heterocycles. The molecule has 2 aliphatic rings. The molecule has 4 heteroatoms. The SMILES string of the molecule is CCN(Cc1cccc(Cl)c1)C(=O)C1C2CCC(C2)C1N. The van der Waals surface area contributed by atoms with Gasteiger partial charge >= 0.3 is 0 Å². The third-order valence-corrected chi connectivity index (χ3v) is 5.46. The summed E-state index contributed by atoms with van der Waals surface area (Å²) < 4.78 is 0. The van der Waals surface area contributed by atoms with E-state index in [1.807, 2.05) is 36.1 Å². The second kappa shape index (κ2) is 5.98. The standard InChI is InChI=1S/C17H23ClN2O/c1-2-20(10-11-4-3-5-14(18)8-11)17(21)15-12-6-7-13(9-12)16(15)19/h3-5,8,12-13,15-16H,2,6-7,9-10,19H2,1H3. The Balaban J connectivity index is 1.72. The van der Waals surface area contributed by atoms with E-state index in [9.17, 15) is 4.79 Å². The molecule has 21 heavy (non-hydrogen) atoms. The second-order valence-electron chi connectivity index (χ2n) is 6.42. The van der Waals surface area contributed by atoms with Gasteiger partial charge in [0.1, 0.15) is 0 Å². The minimum atomic E-state index is 0.0304. The van der Waals surface area contributed by atoms with Crippen LogP contribution in [0.5, 0.6) is 0 Å². The van der Waals surface area contributed by atoms with E-state index in [2.05, 4.69) is 0 Å². The van der Waals surface area contributed by atoms with Gasteiger partial charge in [0, 0.05) is 24.2 Å². The number of nitrogens with zero attached hydrogens (tertiary/aromatic N) is 1. The number of hydrogen-bond acceptors (Lipinski definition) is 2. The summed E-state index contributed by atoms with van der Waals surface area (Å²) in [5, 5.41) is 0.715. The van der Waals surface area contributed by atoms with Gasteiger partial charge in [-0.15, -0.1) is 0 Å². The van der Waals surface area contributed by atoms with Crippen molar-refractivity contribution in [2.24, 2.45) is 23.5 Å². The van der Waals surface area contributed by atoms with Crippen molar-refractivity contribution in [3.8, 4) is 0 Å². The predicted molar refractivity (Wildman–Crippen MR) is 84.8 cm³/mol. The third kappa shape index (κ3) is 2.82. The summed E-state index contributed by atoms with van der Waals surface area (Å²) in [6.45, 7) is 3.36. The second-order valence-corrected chi connectivity index (χ2v) is 6.86. The first-order valence-corrected chi connectivity index (χ1v) is 8.26. The average Bonchev–Trinajstić information content (AvgIpc) is 3.05. The fourth-order valence-electron chi connectivity index (χ4n) is 4.11. The lowest BCUT2D eigenvalue weighted by Crippen LogP contribution is -2.46. The molecular formula is C17H23ClN2O. The zero-order valence-corrected chi connectivity index (χ0v) is 13.2. The van der Waals surface area contributed by atoms with E-state index in [4.69, 9.17) is 17.3 Å². The molecule has 2 bridgehead atoms. The number of benzene rings is 1. The minimum absolute atomic E-state index is 0.0304. The number of nitrogens with two attached hydrogens (primary N) is 1. The Hall–Kier alpha value is -1.06. The molecule has 0 radical (unpaired) electrons. The predicted octanol–water partition coefficient (Wildman–Crippen LogP) is 3.06. The van der Waals surface area contributed by atoms with E-state index in [0.29, 0.717) is 29.9 Å². The highest BCUT2D eigenvalue weighted by Gasteiger charge is 2.49. The molecule has 2 N–H and O–H groups in total. The van der Waals surface area contributed by atoms with Crippen LogP contribution < -0.4 is 5.73 Å². The maximum absolute atomic E-state index is 12.9. The first-order chi connectivity index (χ1) is 10.1. The van der Waals surface area contributed by atoms with Gasteiger partial charge in [0.15, 0.2) is 0 Å². The summed E-state index contributed by atoms with van der Waals surface area (Å²) in [6.07, 6.45) is 3.52. The van der Waals surface area contributed by atoms with Crippen LogP contribution in [0.2, 0.25) is 5.02 Å². The topological polar surface area (TPSA) is 46.3 Å². The van der Waals surface area contributed by atoms with Gasteiger partial charge in [0.2, 0.25) is 5.91 Å². The fraction of sp³-hybridized carbons (Fsp3) is 0.588. The normalized spacial score (nSPS) is 30.6. The molecule has 0 aromatic heterocycles. The Morgan fingerprint density at radius 2 is 2.14 bits per heavy atom. The molecule has 1 aromatic carbocycles. The first-order valence-electron chi connectivity index (χ1n) is 7.89. The highest BCUT2D eigenvalue weighted by molar-refractivity contribution is 6.30. The van der Waals surface area contributed by atoms with Crippen LogP contribution in [0, 0.1) is 17.8 Å². The van der Waals surface area contributed by atoms with Gasteiger partial charge in [0.25, 0.3) is 0 Å². The summed E-state index contributed by atoms with van der Waals surface area (Å²) in [4.78, 5) is 14.8. The molecule has 0 saturated heterocycles. The molecule has 3 nitrogen and oxygen atoms in total. The van der Waals surface area contributed by atoms with E-state index in [-0.39, 0.29) is 17.9 Å². The molecule has 2 fully saturated rings. The Labute approximate surface area is 131 Å². The lowest BCUT2D eigenvalue weighted by molar-refractivity contribution is -0.138. The lowest BCUT2D eigenvalue weighted by atomic mass is 9.84. The molecule has 0 aliphatic heterocycles. The first kappa shape index (κ1) is 14.9. The van der Waals surface area contributed by atoms with Crippen molar-refractivity contribution < 1.29 is 4.79 Å². The third-order valence-electron chi connectivity index (χ3n) is 5.22. The van der Waals surface area contributed by atoms with Gasteiger partial charge in [0.05, 0.1) is 5.92 Å². The highest BCUT2D eigenvalue weighted by Crippen LogP contribution is 2.48. The molecule has 3 rings (SSSR count). The number of carbonyl (C=O) groups excluding carboxylic acids is 1. The summed E-state index contributed by atoms with van der Waals surface area (Å²) in [5.74, 6) is 1.33. The molecule has 2 aliphatic carbocycles. The quantitative estimate of drug-likeness (QED) is 0.929. The molecule has 114 valence electrons. The maximum Gasteiger partial charge on any atom is 0.227 e. The lowest BCUT2D eigenvalue weighted by Gasteiger charge is -2.32. The van der Waals surface area contributed by atoms with Crippen molar-refractivity contribution in [1.29, 1.82) is 0 Å². The van der Waals surface area contributed by atoms with Gasteiger partial charge in [-0.2, -0.15) is 0 Å². The van der Waals surface area contributed by atoms with E-state index in [1.165, 1.54) is 12.8 Å². The zero-order valence-electron chi connectivity index (χ0n) is 12.5. The van der Waals surface area contributed by atoms with Crippen molar-refractivity contribution in [3.63, 3.8) is 0 Å². The highest BCUT2D eigenvalue weighted by atomic mass is 35.5. The Kier molecular flexibility index (Phi) is 4.23.